The van der Waals surface area contributed by atoms with Gasteiger partial charge in [-0.25, -0.2) is 4.98 Å². The number of aromatic nitrogens is 5. The fourth-order valence-electron chi connectivity index (χ4n) is 3.01. The second kappa shape index (κ2) is 6.23. The number of fused-ring (bicyclic) bond motifs is 1. The Bertz CT molecular complexity index is 848. The fourth-order valence-corrected chi connectivity index (χ4v) is 3.01. The van der Waals surface area contributed by atoms with Crippen LogP contribution in [0.5, 0.6) is 0 Å². The Morgan fingerprint density at radius 2 is 2.17 bits per heavy atom. The Morgan fingerprint density at radius 3 is 3.04 bits per heavy atom. The van der Waals surface area contributed by atoms with E-state index in [-0.39, 0.29) is 11.9 Å². The monoisotopic (exact) mass is 323 g/mol. The molecule has 2 aromatic heterocycles. The van der Waals surface area contributed by atoms with Gasteiger partial charge in [-0.3, -0.25) is 9.78 Å². The largest absolute Gasteiger partial charge is 0.353 e. The van der Waals surface area contributed by atoms with Crippen LogP contribution >= 0.6 is 0 Å². The number of H-pyrrole nitrogens is 1. The van der Waals surface area contributed by atoms with Gasteiger partial charge in [-0.2, -0.15) is 15.4 Å². The predicted molar refractivity (Wildman–Crippen MR) is 88.6 cm³/mol. The molecule has 0 spiro atoms. The lowest BCUT2D eigenvalue weighted by molar-refractivity contribution is 0.0933. The maximum absolute atomic E-state index is 12.5. The molecule has 0 saturated carbocycles. The molecular formula is C16H17N7O. The van der Waals surface area contributed by atoms with Crippen molar-refractivity contribution in [2.24, 2.45) is 0 Å². The average Bonchev–Trinajstić information content (AvgIpc) is 3.10. The van der Waals surface area contributed by atoms with Gasteiger partial charge in [-0.15, -0.1) is 0 Å². The molecule has 1 aliphatic heterocycles. The molecule has 8 nitrogen and oxygen atoms in total. The molecule has 122 valence electrons. The molecule has 24 heavy (non-hydrogen) atoms. The van der Waals surface area contributed by atoms with Gasteiger partial charge in [0.05, 0.1) is 6.20 Å². The van der Waals surface area contributed by atoms with Crippen LogP contribution in [-0.2, 0) is 0 Å². The molecule has 1 fully saturated rings. The van der Waals surface area contributed by atoms with E-state index in [0.29, 0.717) is 11.1 Å². The number of carbonyl (C=O) groups is 1. The molecule has 0 radical (unpaired) electrons. The van der Waals surface area contributed by atoms with Gasteiger partial charge in [0.25, 0.3) is 5.91 Å². The molecule has 1 aromatic carbocycles. The van der Waals surface area contributed by atoms with E-state index in [0.717, 1.165) is 37.3 Å². The second-order valence-electron chi connectivity index (χ2n) is 5.85. The summed E-state index contributed by atoms with van der Waals surface area (Å²) in [6, 6.07) is 5.39. The van der Waals surface area contributed by atoms with Crippen molar-refractivity contribution in [3.05, 3.63) is 42.4 Å². The Hall–Kier alpha value is -3.03. The van der Waals surface area contributed by atoms with Crippen molar-refractivity contribution in [3.63, 3.8) is 0 Å². The first-order valence-electron chi connectivity index (χ1n) is 7.92. The van der Waals surface area contributed by atoms with Crippen LogP contribution in [0.3, 0.4) is 0 Å². The predicted octanol–water partition coefficient (Wildman–Crippen LogP) is 1.15. The lowest BCUT2D eigenvalue weighted by Crippen LogP contribution is -2.48. The van der Waals surface area contributed by atoms with Crippen molar-refractivity contribution >= 4 is 22.8 Å². The smallest absolute Gasteiger partial charge is 0.251 e. The zero-order valence-electron chi connectivity index (χ0n) is 13.0. The number of nitrogens with one attached hydrogen (secondary N) is 2. The van der Waals surface area contributed by atoms with Gasteiger partial charge in [0.2, 0.25) is 0 Å². The summed E-state index contributed by atoms with van der Waals surface area (Å²) in [5.41, 5.74) is 2.03. The van der Waals surface area contributed by atoms with E-state index in [1.807, 2.05) is 0 Å². The van der Waals surface area contributed by atoms with Crippen LogP contribution in [0.1, 0.15) is 23.2 Å². The maximum atomic E-state index is 12.5. The van der Waals surface area contributed by atoms with Crippen LogP contribution in [0.25, 0.3) is 11.0 Å². The molecule has 1 saturated heterocycles. The van der Waals surface area contributed by atoms with Crippen molar-refractivity contribution in [3.8, 4) is 0 Å². The van der Waals surface area contributed by atoms with E-state index in [4.69, 9.17) is 0 Å². The molecule has 2 N–H and O–H groups in total. The van der Waals surface area contributed by atoms with E-state index in [9.17, 15) is 4.79 Å². The quantitative estimate of drug-likeness (QED) is 0.750. The normalized spacial score (nSPS) is 17.8. The zero-order chi connectivity index (χ0) is 16.4. The minimum absolute atomic E-state index is 0.0845. The van der Waals surface area contributed by atoms with Crippen molar-refractivity contribution in [1.29, 1.82) is 0 Å². The zero-order valence-corrected chi connectivity index (χ0v) is 13.0. The number of nitrogens with zero attached hydrogens (tertiary/aromatic N) is 5. The summed E-state index contributed by atoms with van der Waals surface area (Å²) in [7, 11) is 0. The second-order valence-corrected chi connectivity index (χ2v) is 5.85. The minimum atomic E-state index is -0.0918. The summed E-state index contributed by atoms with van der Waals surface area (Å²) in [4.78, 5) is 23.1. The molecule has 4 rings (SSSR count). The topological polar surface area (TPSA) is 99.7 Å². The number of aromatic amines is 1. The van der Waals surface area contributed by atoms with Crippen LogP contribution in [0.4, 0.5) is 5.82 Å². The van der Waals surface area contributed by atoms with E-state index in [1.54, 1.807) is 36.8 Å². The van der Waals surface area contributed by atoms with Gasteiger partial charge in [0.1, 0.15) is 16.9 Å². The number of amides is 1. The van der Waals surface area contributed by atoms with Crippen LogP contribution < -0.4 is 10.2 Å². The number of hydrogen-bond donors (Lipinski definition) is 2. The van der Waals surface area contributed by atoms with E-state index in [1.165, 1.54) is 0 Å². The lowest BCUT2D eigenvalue weighted by Gasteiger charge is -2.33. The Balaban J connectivity index is 1.45. The van der Waals surface area contributed by atoms with Crippen LogP contribution in [0, 0.1) is 0 Å². The van der Waals surface area contributed by atoms with E-state index < -0.39 is 0 Å². The summed E-state index contributed by atoms with van der Waals surface area (Å²) >= 11 is 0. The Morgan fingerprint density at radius 1 is 1.25 bits per heavy atom. The van der Waals surface area contributed by atoms with Gasteiger partial charge in [-0.1, -0.05) is 0 Å². The Kier molecular flexibility index (Phi) is 3.78. The highest BCUT2D eigenvalue weighted by molar-refractivity contribution is 5.97. The highest BCUT2D eigenvalue weighted by Crippen LogP contribution is 2.17. The third-order valence-corrected chi connectivity index (χ3v) is 4.21. The number of rotatable bonds is 3. The molecule has 1 atom stereocenters. The maximum Gasteiger partial charge on any atom is 0.251 e. The van der Waals surface area contributed by atoms with Crippen molar-refractivity contribution < 1.29 is 4.79 Å². The lowest BCUT2D eigenvalue weighted by atomic mass is 10.0. The summed E-state index contributed by atoms with van der Waals surface area (Å²) in [6.45, 7) is 1.66. The average molecular weight is 323 g/mol. The van der Waals surface area contributed by atoms with Crippen molar-refractivity contribution in [2.45, 2.75) is 18.9 Å². The first-order chi connectivity index (χ1) is 11.8. The number of carbonyl (C=O) groups excluding carboxylic acids is 1. The minimum Gasteiger partial charge on any atom is -0.353 e. The van der Waals surface area contributed by atoms with Gasteiger partial charge >= 0.3 is 0 Å². The molecular weight excluding hydrogens is 306 g/mol. The fraction of sp³-hybridized carbons (Fsp3) is 0.312. The standard InChI is InChI=1S/C16H17N7O/c24-16(11-3-4-13-14(8-11)21-22-20-13)19-12-2-1-7-23(10-12)15-9-17-5-6-18-15/h3-6,8-9,12H,1-2,7,10H2,(H,19,24)(H,20,21,22)/t12-/m0/s1. The molecule has 1 aliphatic rings. The summed E-state index contributed by atoms with van der Waals surface area (Å²) in [5, 5.41) is 13.7. The highest BCUT2D eigenvalue weighted by atomic mass is 16.1. The highest BCUT2D eigenvalue weighted by Gasteiger charge is 2.23. The van der Waals surface area contributed by atoms with Crippen molar-refractivity contribution in [2.75, 3.05) is 18.0 Å². The first kappa shape index (κ1) is 14.6. The summed E-state index contributed by atoms with van der Waals surface area (Å²) in [6.07, 6.45) is 7.05. The first-order valence-corrected chi connectivity index (χ1v) is 7.92. The van der Waals surface area contributed by atoms with Crippen molar-refractivity contribution in [1.82, 2.24) is 30.7 Å². The van der Waals surface area contributed by atoms with E-state index >= 15 is 0 Å². The molecule has 0 aliphatic carbocycles. The molecule has 8 heteroatoms. The van der Waals surface area contributed by atoms with Crippen LogP contribution in [0.2, 0.25) is 0 Å². The molecule has 3 heterocycles. The SMILES string of the molecule is O=C(N[C@H]1CCCN(c2cnccn2)C1)c1ccc2n[nH]nc2c1. The molecule has 1 amide bonds. The summed E-state index contributed by atoms with van der Waals surface area (Å²) < 4.78 is 0. The van der Waals surface area contributed by atoms with Gasteiger partial charge in [-0.05, 0) is 31.0 Å². The third kappa shape index (κ3) is 2.90. The van der Waals surface area contributed by atoms with Gasteiger partial charge in [0.15, 0.2) is 0 Å². The van der Waals surface area contributed by atoms with E-state index in [2.05, 4.69) is 35.6 Å². The third-order valence-electron chi connectivity index (χ3n) is 4.21. The van der Waals surface area contributed by atoms with Crippen LogP contribution in [-0.4, -0.2) is 50.4 Å². The summed E-state index contributed by atoms with van der Waals surface area (Å²) in [5.74, 6) is 0.756. The van der Waals surface area contributed by atoms with Crippen LogP contribution in [0.15, 0.2) is 36.8 Å². The number of piperidine rings is 1. The van der Waals surface area contributed by atoms with Gasteiger partial charge < -0.3 is 10.2 Å². The molecule has 0 bridgehead atoms. The van der Waals surface area contributed by atoms with Gasteiger partial charge in [0, 0.05) is 37.1 Å². The molecule has 0 unspecified atom stereocenters. The number of hydrogen-bond acceptors (Lipinski definition) is 6. The number of benzene rings is 1. The molecule has 3 aromatic rings. The Labute approximate surface area is 138 Å². The number of anilines is 1.